The quantitative estimate of drug-likeness (QED) is 0.326. The molecule has 0 N–H and O–H groups in total. The van der Waals surface area contributed by atoms with E-state index >= 15 is 0 Å². The van der Waals surface area contributed by atoms with Crippen molar-refractivity contribution in [2.24, 2.45) is 0 Å². The van der Waals surface area contributed by atoms with Crippen molar-refractivity contribution in [3.63, 3.8) is 0 Å². The molecule has 0 spiro atoms. The van der Waals surface area contributed by atoms with Gasteiger partial charge < -0.3 is 4.90 Å². The molecule has 5 rings (SSSR count). The molecule has 0 unspecified atom stereocenters. The number of rotatable bonds is 5. The first-order valence-corrected chi connectivity index (χ1v) is 11.2. The lowest BCUT2D eigenvalue weighted by Crippen LogP contribution is -2.32. The standard InChI is InChI=1S/C31H27N/c1-3-10-30(29-17-8-13-24-11-4-6-15-27(24)29)32(26-21-19-23(2)20-22-26)31-18-9-14-25-12-5-7-16-28(25)31/h3-7,9-16,18-22H,1,8,17H2,2H3/b30-10-. The first-order chi connectivity index (χ1) is 15.8. The molecule has 4 aromatic rings. The van der Waals surface area contributed by atoms with Crippen LogP contribution in [0.4, 0.5) is 11.4 Å². The number of allylic oxidation sites excluding steroid dienone is 3. The maximum absolute atomic E-state index is 4.07. The van der Waals surface area contributed by atoms with Gasteiger partial charge in [-0.3, -0.25) is 0 Å². The summed E-state index contributed by atoms with van der Waals surface area (Å²) >= 11 is 0. The Morgan fingerprint density at radius 3 is 2.44 bits per heavy atom. The van der Waals surface area contributed by atoms with Gasteiger partial charge in [-0.15, -0.1) is 0 Å². The van der Waals surface area contributed by atoms with E-state index in [9.17, 15) is 0 Å². The van der Waals surface area contributed by atoms with Crippen LogP contribution in [0.3, 0.4) is 0 Å². The molecule has 0 atom stereocenters. The topological polar surface area (TPSA) is 3.24 Å². The summed E-state index contributed by atoms with van der Waals surface area (Å²) in [5.74, 6) is 0. The fourth-order valence-corrected chi connectivity index (χ4v) is 4.65. The minimum Gasteiger partial charge on any atom is -0.310 e. The fourth-order valence-electron chi connectivity index (χ4n) is 4.65. The summed E-state index contributed by atoms with van der Waals surface area (Å²) in [4.78, 5) is 2.40. The fraction of sp³-hybridized carbons (Fsp3) is 0.0968. The highest BCUT2D eigenvalue weighted by molar-refractivity contribution is 5.99. The van der Waals surface area contributed by atoms with Gasteiger partial charge in [0.25, 0.3) is 0 Å². The van der Waals surface area contributed by atoms with E-state index in [1.165, 1.54) is 43.7 Å². The Labute approximate surface area is 190 Å². The second kappa shape index (κ2) is 8.72. The molecule has 1 heteroatoms. The van der Waals surface area contributed by atoms with Crippen LogP contribution in [0.25, 0.3) is 22.4 Å². The molecule has 0 saturated carbocycles. The Balaban J connectivity index is 1.84. The molecular formula is C31H27N. The van der Waals surface area contributed by atoms with Crippen LogP contribution in [0.2, 0.25) is 0 Å². The van der Waals surface area contributed by atoms with Crippen molar-refractivity contribution >= 4 is 33.8 Å². The molecule has 0 radical (unpaired) electrons. The van der Waals surface area contributed by atoms with Crippen LogP contribution in [0.5, 0.6) is 0 Å². The summed E-state index contributed by atoms with van der Waals surface area (Å²) in [6.45, 7) is 6.21. The average Bonchev–Trinajstić information content (AvgIpc) is 2.84. The van der Waals surface area contributed by atoms with Crippen LogP contribution in [0.1, 0.15) is 18.4 Å². The minimum atomic E-state index is 1.00. The van der Waals surface area contributed by atoms with Crippen molar-refractivity contribution in [2.75, 3.05) is 4.90 Å². The molecule has 0 bridgehead atoms. The molecule has 32 heavy (non-hydrogen) atoms. The maximum atomic E-state index is 4.07. The second-order valence-electron chi connectivity index (χ2n) is 8.27. The number of fused-ring (bicyclic) bond motifs is 2. The van der Waals surface area contributed by atoms with Crippen LogP contribution >= 0.6 is 0 Å². The zero-order valence-corrected chi connectivity index (χ0v) is 18.5. The average molecular weight is 414 g/mol. The molecule has 1 aliphatic rings. The normalized spacial score (nSPS) is 13.4. The van der Waals surface area contributed by atoms with Crippen molar-refractivity contribution in [3.8, 4) is 0 Å². The third kappa shape index (κ3) is 3.67. The third-order valence-corrected chi connectivity index (χ3v) is 6.17. The van der Waals surface area contributed by atoms with Crippen LogP contribution in [-0.2, 0) is 0 Å². The van der Waals surface area contributed by atoms with Crippen molar-refractivity contribution in [2.45, 2.75) is 19.8 Å². The van der Waals surface area contributed by atoms with Crippen LogP contribution in [0, 0.1) is 6.92 Å². The molecule has 0 heterocycles. The first kappa shape index (κ1) is 20.1. The van der Waals surface area contributed by atoms with Gasteiger partial charge in [-0.1, -0.05) is 97.1 Å². The Kier molecular flexibility index (Phi) is 5.47. The van der Waals surface area contributed by atoms with E-state index in [1.54, 1.807) is 0 Å². The first-order valence-electron chi connectivity index (χ1n) is 11.2. The Morgan fingerprint density at radius 2 is 1.59 bits per heavy atom. The Hall–Kier alpha value is -3.84. The molecule has 0 saturated heterocycles. The van der Waals surface area contributed by atoms with E-state index < -0.39 is 0 Å². The van der Waals surface area contributed by atoms with E-state index in [2.05, 4.69) is 122 Å². The Bertz CT molecular complexity index is 1430. The van der Waals surface area contributed by atoms with Crippen LogP contribution in [0.15, 0.2) is 115 Å². The predicted octanol–water partition coefficient (Wildman–Crippen LogP) is 6.78. The summed E-state index contributed by atoms with van der Waals surface area (Å²) in [6.07, 6.45) is 8.47. The van der Waals surface area contributed by atoms with Crippen molar-refractivity contribution < 1.29 is 0 Å². The molecule has 0 amide bonds. The molecule has 156 valence electrons. The zero-order valence-electron chi connectivity index (χ0n) is 18.5. The van der Waals surface area contributed by atoms with Crippen LogP contribution < -0.4 is 15.3 Å². The molecule has 1 aliphatic carbocycles. The summed E-state index contributed by atoms with van der Waals surface area (Å²) in [5, 5.41) is 5.10. The molecule has 0 fully saturated rings. The smallest absolute Gasteiger partial charge is 0.0540 e. The SMILES string of the molecule is C=C/C=C(/C1=c2ccccc2=CCC1)N(c1ccc(C)cc1)c1cccc2ccccc12. The lowest BCUT2D eigenvalue weighted by atomic mass is 9.94. The van der Waals surface area contributed by atoms with Crippen molar-refractivity contribution in [1.29, 1.82) is 0 Å². The Morgan fingerprint density at radius 1 is 0.844 bits per heavy atom. The number of benzene rings is 4. The highest BCUT2D eigenvalue weighted by Crippen LogP contribution is 2.39. The van der Waals surface area contributed by atoms with Gasteiger partial charge in [-0.25, -0.2) is 0 Å². The zero-order chi connectivity index (χ0) is 21.9. The number of hydrogen-bond donors (Lipinski definition) is 0. The van der Waals surface area contributed by atoms with Crippen molar-refractivity contribution in [3.05, 3.63) is 131 Å². The summed E-state index contributed by atoms with van der Waals surface area (Å²) < 4.78 is 0. The van der Waals surface area contributed by atoms with E-state index in [1.807, 2.05) is 6.08 Å². The number of nitrogens with zero attached hydrogens (tertiary/aromatic N) is 1. The lowest BCUT2D eigenvalue weighted by molar-refractivity contribution is 1.05. The van der Waals surface area contributed by atoms with Gasteiger partial charge in [0, 0.05) is 16.8 Å². The molecule has 1 nitrogen and oxygen atoms in total. The summed E-state index contributed by atoms with van der Waals surface area (Å²) in [6, 6.07) is 32.7. The second-order valence-corrected chi connectivity index (χ2v) is 8.27. The maximum Gasteiger partial charge on any atom is 0.0540 e. The number of aryl methyl sites for hydroxylation is 1. The molecule has 4 aromatic carbocycles. The summed E-state index contributed by atoms with van der Waals surface area (Å²) in [5.41, 5.74) is 6.13. The van der Waals surface area contributed by atoms with Gasteiger partial charge in [-0.2, -0.15) is 0 Å². The third-order valence-electron chi connectivity index (χ3n) is 6.17. The van der Waals surface area contributed by atoms with E-state index in [-0.39, 0.29) is 0 Å². The van der Waals surface area contributed by atoms with Gasteiger partial charge in [0.15, 0.2) is 0 Å². The lowest BCUT2D eigenvalue weighted by Gasteiger charge is -2.31. The van der Waals surface area contributed by atoms with E-state index in [0.717, 1.165) is 18.5 Å². The molecule has 0 aliphatic heterocycles. The predicted molar refractivity (Wildman–Crippen MR) is 138 cm³/mol. The monoisotopic (exact) mass is 413 g/mol. The minimum absolute atomic E-state index is 1.00. The largest absolute Gasteiger partial charge is 0.310 e. The highest BCUT2D eigenvalue weighted by atomic mass is 15.2. The molecular weight excluding hydrogens is 386 g/mol. The van der Waals surface area contributed by atoms with Gasteiger partial charge in [0.1, 0.15) is 0 Å². The van der Waals surface area contributed by atoms with Gasteiger partial charge >= 0.3 is 0 Å². The van der Waals surface area contributed by atoms with Gasteiger partial charge in [-0.05, 0) is 65.4 Å². The summed E-state index contributed by atoms with van der Waals surface area (Å²) in [7, 11) is 0. The highest BCUT2D eigenvalue weighted by Gasteiger charge is 2.21. The van der Waals surface area contributed by atoms with Gasteiger partial charge in [0.2, 0.25) is 0 Å². The van der Waals surface area contributed by atoms with E-state index in [4.69, 9.17) is 0 Å². The van der Waals surface area contributed by atoms with Crippen LogP contribution in [-0.4, -0.2) is 0 Å². The van der Waals surface area contributed by atoms with Gasteiger partial charge in [0.05, 0.1) is 5.69 Å². The molecule has 0 aromatic heterocycles. The van der Waals surface area contributed by atoms with E-state index in [0.29, 0.717) is 0 Å². The van der Waals surface area contributed by atoms with Crippen molar-refractivity contribution in [1.82, 2.24) is 0 Å². The number of hydrogen-bond acceptors (Lipinski definition) is 1. The number of anilines is 2.